The van der Waals surface area contributed by atoms with Crippen molar-refractivity contribution >= 4 is 40.6 Å². The molecule has 1 aliphatic heterocycles. The minimum Gasteiger partial charge on any atom is -0.348 e. The van der Waals surface area contributed by atoms with E-state index in [0.29, 0.717) is 28.9 Å². The molecule has 1 aliphatic rings. The van der Waals surface area contributed by atoms with Crippen LogP contribution < -0.4 is 16.0 Å². The van der Waals surface area contributed by atoms with Crippen molar-refractivity contribution in [1.29, 1.82) is 0 Å². The van der Waals surface area contributed by atoms with E-state index in [1.54, 1.807) is 24.7 Å². The number of nitrogens with zero attached hydrogens (tertiary/aromatic N) is 3. The molecule has 3 heterocycles. The first-order valence-corrected chi connectivity index (χ1v) is 11.0. The number of benzene rings is 2. The molecule has 0 saturated carbocycles. The van der Waals surface area contributed by atoms with Gasteiger partial charge in [0.1, 0.15) is 5.02 Å². The minimum atomic E-state index is -0.154. The Bertz CT molecular complexity index is 1310. The fraction of sp³-hybridized carbons (Fsp3) is 0.120. The number of aryl methyl sites for hydroxylation is 2. The molecule has 0 fully saturated rings. The van der Waals surface area contributed by atoms with Gasteiger partial charge in [-0.2, -0.15) is 4.98 Å². The van der Waals surface area contributed by atoms with E-state index in [-0.39, 0.29) is 5.91 Å². The number of carbonyl (C=O) groups is 1. The highest BCUT2D eigenvalue weighted by atomic mass is 35.5. The van der Waals surface area contributed by atoms with E-state index >= 15 is 0 Å². The number of hydrogen-bond acceptors (Lipinski definition) is 6. The number of nitrogens with one attached hydrogen (secondary N) is 3. The first-order chi connectivity index (χ1) is 16.1. The molecule has 0 radical (unpaired) electrons. The van der Waals surface area contributed by atoms with Gasteiger partial charge in [-0.1, -0.05) is 23.7 Å². The molecule has 3 N–H and O–H groups in total. The summed E-state index contributed by atoms with van der Waals surface area (Å²) in [5.41, 5.74) is 5.41. The van der Waals surface area contributed by atoms with Gasteiger partial charge in [0, 0.05) is 35.9 Å². The Hall–Kier alpha value is -3.97. The largest absolute Gasteiger partial charge is 0.348 e. The predicted molar refractivity (Wildman–Crippen MR) is 129 cm³/mol. The van der Waals surface area contributed by atoms with Crippen LogP contribution in [-0.2, 0) is 19.4 Å². The Morgan fingerprint density at radius 1 is 0.970 bits per heavy atom. The molecule has 5 rings (SSSR count). The third-order valence-electron chi connectivity index (χ3n) is 5.35. The Labute approximate surface area is 196 Å². The number of anilines is 4. The zero-order valence-corrected chi connectivity index (χ0v) is 18.4. The van der Waals surface area contributed by atoms with Crippen LogP contribution in [0.3, 0.4) is 0 Å². The number of rotatable bonds is 3. The van der Waals surface area contributed by atoms with E-state index < -0.39 is 0 Å². The number of carbonyl (C=O) groups excluding carboxylic acids is 1. The number of fused-ring (bicyclic) bond motifs is 6. The molecule has 2 aromatic carbocycles. The van der Waals surface area contributed by atoms with Crippen molar-refractivity contribution in [3.8, 4) is 0 Å². The maximum atomic E-state index is 13.0. The summed E-state index contributed by atoms with van der Waals surface area (Å²) in [4.78, 5) is 25.8. The van der Waals surface area contributed by atoms with Gasteiger partial charge in [-0.25, -0.2) is 4.98 Å². The highest BCUT2D eigenvalue weighted by Crippen LogP contribution is 2.27. The second-order valence-electron chi connectivity index (χ2n) is 7.80. The van der Waals surface area contributed by atoms with Crippen molar-refractivity contribution in [3.05, 3.63) is 100 Å². The van der Waals surface area contributed by atoms with Crippen LogP contribution in [-0.4, -0.2) is 20.9 Å². The molecule has 0 atom stereocenters. The van der Waals surface area contributed by atoms with Crippen LogP contribution in [0.25, 0.3) is 0 Å². The molecule has 0 aliphatic carbocycles. The first-order valence-electron chi connectivity index (χ1n) is 10.6. The second kappa shape index (κ2) is 9.26. The summed E-state index contributed by atoms with van der Waals surface area (Å²) < 4.78 is 0. The Morgan fingerprint density at radius 2 is 1.79 bits per heavy atom. The van der Waals surface area contributed by atoms with Gasteiger partial charge in [-0.15, -0.1) is 0 Å². The van der Waals surface area contributed by atoms with Crippen molar-refractivity contribution in [2.75, 3.05) is 10.6 Å². The standard InChI is InChI=1S/C25H21ClN6O/c26-22-15-29-25-31-20-3-1-2-16(11-20)4-5-18-10-19(13-21(12-18)30-23(22)32-25)24(33)28-14-17-6-8-27-9-7-17/h1-3,6-13,15H,4-5,14H2,(H,28,33)(H2,29,30,31,32). The number of hydrogen-bond donors (Lipinski definition) is 3. The lowest BCUT2D eigenvalue weighted by atomic mass is 10.0. The molecule has 0 unspecified atom stereocenters. The molecule has 164 valence electrons. The van der Waals surface area contributed by atoms with Gasteiger partial charge in [0.05, 0.1) is 6.20 Å². The monoisotopic (exact) mass is 456 g/mol. The molecule has 7 nitrogen and oxygen atoms in total. The fourth-order valence-corrected chi connectivity index (χ4v) is 3.84. The molecule has 0 spiro atoms. The number of pyridine rings is 1. The lowest BCUT2D eigenvalue weighted by Crippen LogP contribution is -2.23. The smallest absolute Gasteiger partial charge is 0.251 e. The summed E-state index contributed by atoms with van der Waals surface area (Å²) >= 11 is 6.35. The Morgan fingerprint density at radius 3 is 2.67 bits per heavy atom. The third-order valence-corrected chi connectivity index (χ3v) is 5.63. The van der Waals surface area contributed by atoms with Crippen molar-refractivity contribution in [2.45, 2.75) is 19.4 Å². The fourth-order valence-electron chi connectivity index (χ4n) is 3.70. The van der Waals surface area contributed by atoms with Gasteiger partial charge in [-0.05, 0) is 72.0 Å². The Balaban J connectivity index is 1.49. The lowest BCUT2D eigenvalue weighted by molar-refractivity contribution is 0.0951. The van der Waals surface area contributed by atoms with Crippen molar-refractivity contribution in [1.82, 2.24) is 20.3 Å². The molecular formula is C25H21ClN6O. The van der Waals surface area contributed by atoms with E-state index in [2.05, 4.69) is 43.0 Å². The molecule has 0 saturated heterocycles. The highest BCUT2D eigenvalue weighted by Gasteiger charge is 2.13. The molecule has 1 amide bonds. The van der Waals surface area contributed by atoms with Crippen LogP contribution in [0.2, 0.25) is 5.02 Å². The highest BCUT2D eigenvalue weighted by molar-refractivity contribution is 6.32. The first kappa shape index (κ1) is 20.9. The van der Waals surface area contributed by atoms with Crippen molar-refractivity contribution in [2.24, 2.45) is 0 Å². The normalized spacial score (nSPS) is 12.3. The average Bonchev–Trinajstić information content (AvgIpc) is 2.84. The van der Waals surface area contributed by atoms with Gasteiger partial charge in [0.2, 0.25) is 5.95 Å². The van der Waals surface area contributed by atoms with Crippen LogP contribution in [0, 0.1) is 0 Å². The SMILES string of the molecule is O=C(NCc1ccncc1)c1cc2cc(c1)Nc1nc(ncc1Cl)Nc1cccc(c1)CC2. The third kappa shape index (κ3) is 5.10. The molecule has 33 heavy (non-hydrogen) atoms. The van der Waals surface area contributed by atoms with E-state index in [9.17, 15) is 4.79 Å². The van der Waals surface area contributed by atoms with E-state index in [1.807, 2.05) is 36.4 Å². The number of halogens is 1. The van der Waals surface area contributed by atoms with E-state index in [1.165, 1.54) is 5.56 Å². The molecule has 8 heteroatoms. The van der Waals surface area contributed by atoms with Crippen LogP contribution in [0.4, 0.5) is 23.1 Å². The maximum absolute atomic E-state index is 13.0. The van der Waals surface area contributed by atoms with Crippen LogP contribution in [0.15, 0.2) is 73.2 Å². The molecular weight excluding hydrogens is 436 g/mol. The van der Waals surface area contributed by atoms with Crippen molar-refractivity contribution in [3.63, 3.8) is 0 Å². The lowest BCUT2D eigenvalue weighted by Gasteiger charge is -2.13. The maximum Gasteiger partial charge on any atom is 0.251 e. The van der Waals surface area contributed by atoms with Crippen molar-refractivity contribution < 1.29 is 4.79 Å². The number of amides is 1. The minimum absolute atomic E-state index is 0.154. The van der Waals surface area contributed by atoms with Crippen LogP contribution in [0.1, 0.15) is 27.0 Å². The summed E-state index contributed by atoms with van der Waals surface area (Å²) in [6.07, 6.45) is 6.58. The number of aromatic nitrogens is 3. The summed E-state index contributed by atoms with van der Waals surface area (Å²) in [7, 11) is 0. The predicted octanol–water partition coefficient (Wildman–Crippen LogP) is 5.04. The Kier molecular flexibility index (Phi) is 5.87. The average molecular weight is 457 g/mol. The summed E-state index contributed by atoms with van der Waals surface area (Å²) in [5, 5.41) is 9.85. The topological polar surface area (TPSA) is 91.8 Å². The van der Waals surface area contributed by atoms with Gasteiger partial charge in [0.15, 0.2) is 5.82 Å². The zero-order valence-electron chi connectivity index (χ0n) is 17.7. The van der Waals surface area contributed by atoms with Gasteiger partial charge >= 0.3 is 0 Å². The summed E-state index contributed by atoms with van der Waals surface area (Å²) in [6, 6.07) is 17.6. The van der Waals surface area contributed by atoms with Gasteiger partial charge < -0.3 is 16.0 Å². The molecule has 4 aromatic rings. The zero-order chi connectivity index (χ0) is 22.6. The van der Waals surface area contributed by atoms with Crippen LogP contribution in [0.5, 0.6) is 0 Å². The summed E-state index contributed by atoms with van der Waals surface area (Å²) in [6.45, 7) is 0.425. The summed E-state index contributed by atoms with van der Waals surface area (Å²) in [5.74, 6) is 0.744. The molecule has 2 aromatic heterocycles. The quantitative estimate of drug-likeness (QED) is 0.400. The second-order valence-corrected chi connectivity index (χ2v) is 8.20. The van der Waals surface area contributed by atoms with Gasteiger partial charge in [0.25, 0.3) is 5.91 Å². The van der Waals surface area contributed by atoms with Crippen LogP contribution >= 0.6 is 11.6 Å². The van der Waals surface area contributed by atoms with E-state index in [0.717, 1.165) is 35.3 Å². The van der Waals surface area contributed by atoms with E-state index in [4.69, 9.17) is 11.6 Å². The van der Waals surface area contributed by atoms with Gasteiger partial charge in [-0.3, -0.25) is 9.78 Å². The molecule has 6 bridgehead atoms.